The second-order valence-electron chi connectivity index (χ2n) is 4.20. The fourth-order valence-corrected chi connectivity index (χ4v) is 3.72. The number of thioether (sulfide) groups is 1. The van der Waals surface area contributed by atoms with Gasteiger partial charge in [-0.25, -0.2) is 4.79 Å². The monoisotopic (exact) mass is 370 g/mol. The molecule has 0 aromatic heterocycles. The van der Waals surface area contributed by atoms with Crippen LogP contribution in [0.2, 0.25) is 5.02 Å². The highest BCUT2D eigenvalue weighted by molar-refractivity contribution is 9.10. The van der Waals surface area contributed by atoms with E-state index in [1.165, 1.54) is 0 Å². The fraction of sp³-hybridized carbons (Fsp3) is 0.133. The molecule has 0 spiro atoms. The van der Waals surface area contributed by atoms with Crippen LogP contribution in [0.25, 0.3) is 0 Å². The Bertz CT molecular complexity index is 631. The van der Waals surface area contributed by atoms with Crippen molar-refractivity contribution in [3.63, 3.8) is 0 Å². The first kappa shape index (κ1) is 15.4. The van der Waals surface area contributed by atoms with Crippen LogP contribution in [0.4, 0.5) is 0 Å². The summed E-state index contributed by atoms with van der Waals surface area (Å²) in [4.78, 5) is 10.9. The molecule has 0 bridgehead atoms. The van der Waals surface area contributed by atoms with Crippen molar-refractivity contribution in [3.8, 4) is 0 Å². The van der Waals surface area contributed by atoms with Crippen molar-refractivity contribution in [1.82, 2.24) is 0 Å². The minimum absolute atomic E-state index is 0.289. The van der Waals surface area contributed by atoms with Gasteiger partial charge in [0.05, 0.1) is 5.56 Å². The molecule has 0 saturated heterocycles. The van der Waals surface area contributed by atoms with Gasteiger partial charge in [0.1, 0.15) is 0 Å². The number of hydrogen-bond acceptors (Lipinski definition) is 2. The lowest BCUT2D eigenvalue weighted by Crippen LogP contribution is -1.97. The molecule has 2 nitrogen and oxygen atoms in total. The Hall–Kier alpha value is -0.970. The van der Waals surface area contributed by atoms with Gasteiger partial charge in [-0.2, -0.15) is 11.8 Å². The van der Waals surface area contributed by atoms with E-state index < -0.39 is 5.97 Å². The van der Waals surface area contributed by atoms with Gasteiger partial charge in [0, 0.05) is 21.0 Å². The molecule has 0 fully saturated rings. The van der Waals surface area contributed by atoms with Crippen LogP contribution in [0.5, 0.6) is 0 Å². The zero-order valence-corrected chi connectivity index (χ0v) is 13.6. The molecule has 2 aromatic carbocycles. The zero-order valence-electron chi connectivity index (χ0n) is 10.5. The third-order valence-electron chi connectivity index (χ3n) is 2.77. The van der Waals surface area contributed by atoms with Crippen LogP contribution in [-0.2, 0) is 11.5 Å². The topological polar surface area (TPSA) is 37.3 Å². The number of carboxylic acids is 1. The maximum absolute atomic E-state index is 10.9. The van der Waals surface area contributed by atoms with Gasteiger partial charge in [-0.15, -0.1) is 0 Å². The summed E-state index contributed by atoms with van der Waals surface area (Å²) in [6.07, 6.45) is 0. The van der Waals surface area contributed by atoms with E-state index in [0.29, 0.717) is 0 Å². The van der Waals surface area contributed by atoms with Crippen molar-refractivity contribution in [1.29, 1.82) is 0 Å². The third kappa shape index (κ3) is 4.01. The molecular weight excluding hydrogens is 360 g/mol. The van der Waals surface area contributed by atoms with Crippen LogP contribution in [0.3, 0.4) is 0 Å². The molecule has 0 heterocycles. The molecular formula is C15H12BrClO2S. The summed E-state index contributed by atoms with van der Waals surface area (Å²) in [6.45, 7) is 0. The number of aromatic carboxylic acids is 1. The molecule has 5 heteroatoms. The normalized spacial score (nSPS) is 10.5. The van der Waals surface area contributed by atoms with Gasteiger partial charge in [0.25, 0.3) is 0 Å². The van der Waals surface area contributed by atoms with Gasteiger partial charge in [-0.3, -0.25) is 0 Å². The van der Waals surface area contributed by atoms with E-state index in [9.17, 15) is 4.79 Å². The first-order valence-corrected chi connectivity index (χ1v) is 8.23. The summed E-state index contributed by atoms with van der Waals surface area (Å²) in [5, 5.41) is 9.69. The summed E-state index contributed by atoms with van der Waals surface area (Å²) >= 11 is 11.3. The maximum Gasteiger partial charge on any atom is 0.335 e. The second-order valence-corrected chi connectivity index (χ2v) is 6.44. The van der Waals surface area contributed by atoms with Gasteiger partial charge >= 0.3 is 5.97 Å². The van der Waals surface area contributed by atoms with Crippen molar-refractivity contribution in [2.24, 2.45) is 0 Å². The molecule has 0 amide bonds. The summed E-state index contributed by atoms with van der Waals surface area (Å²) in [5.74, 6) is 0.708. The summed E-state index contributed by atoms with van der Waals surface area (Å²) in [5.41, 5.74) is 2.47. The SMILES string of the molecule is O=C(O)c1ccc(CSCc2ccccc2Cl)c(Br)c1. The molecule has 1 N–H and O–H groups in total. The van der Waals surface area contributed by atoms with Crippen LogP contribution in [-0.4, -0.2) is 11.1 Å². The van der Waals surface area contributed by atoms with E-state index in [4.69, 9.17) is 16.7 Å². The van der Waals surface area contributed by atoms with E-state index in [1.54, 1.807) is 23.9 Å². The highest BCUT2D eigenvalue weighted by Gasteiger charge is 2.07. The van der Waals surface area contributed by atoms with Crippen LogP contribution in [0.15, 0.2) is 46.9 Å². The maximum atomic E-state index is 10.9. The van der Waals surface area contributed by atoms with Crippen LogP contribution < -0.4 is 0 Å². The van der Waals surface area contributed by atoms with Crippen molar-refractivity contribution in [2.45, 2.75) is 11.5 Å². The standard InChI is InChI=1S/C15H12BrClO2S/c16-13-7-10(15(18)19)5-6-11(13)8-20-9-12-3-1-2-4-14(12)17/h1-7H,8-9H2,(H,18,19). The lowest BCUT2D eigenvalue weighted by molar-refractivity contribution is 0.0697. The Kier molecular flexibility index (Phi) is 5.52. The highest BCUT2D eigenvalue weighted by atomic mass is 79.9. The summed E-state index contributed by atoms with van der Waals surface area (Å²) in [7, 11) is 0. The quantitative estimate of drug-likeness (QED) is 0.781. The molecule has 20 heavy (non-hydrogen) atoms. The lowest BCUT2D eigenvalue weighted by atomic mass is 10.1. The minimum atomic E-state index is -0.916. The molecule has 0 atom stereocenters. The third-order valence-corrected chi connectivity index (χ3v) is 4.91. The van der Waals surface area contributed by atoms with E-state index in [1.807, 2.05) is 30.3 Å². The smallest absolute Gasteiger partial charge is 0.335 e. The number of halogens is 2. The van der Waals surface area contributed by atoms with Crippen LogP contribution in [0, 0.1) is 0 Å². The van der Waals surface area contributed by atoms with E-state index in [2.05, 4.69) is 15.9 Å². The molecule has 2 rings (SSSR count). The lowest BCUT2D eigenvalue weighted by Gasteiger charge is -2.07. The zero-order chi connectivity index (χ0) is 14.5. The molecule has 2 aromatic rings. The number of carboxylic acid groups (broad SMARTS) is 1. The Morgan fingerprint density at radius 1 is 1.15 bits per heavy atom. The van der Waals surface area contributed by atoms with Crippen molar-refractivity contribution in [3.05, 3.63) is 68.7 Å². The van der Waals surface area contributed by atoms with E-state index in [-0.39, 0.29) is 5.56 Å². The van der Waals surface area contributed by atoms with Crippen molar-refractivity contribution < 1.29 is 9.90 Å². The van der Waals surface area contributed by atoms with Gasteiger partial charge in [0.15, 0.2) is 0 Å². The second kappa shape index (κ2) is 7.16. The average Bonchev–Trinajstić information content (AvgIpc) is 2.42. The molecule has 0 unspecified atom stereocenters. The Morgan fingerprint density at radius 2 is 1.85 bits per heavy atom. The predicted octanol–water partition coefficient (Wildman–Crippen LogP) is 5.23. The van der Waals surface area contributed by atoms with E-state index in [0.717, 1.165) is 32.1 Å². The molecule has 0 aliphatic rings. The van der Waals surface area contributed by atoms with Crippen LogP contribution >= 0.6 is 39.3 Å². The van der Waals surface area contributed by atoms with Crippen molar-refractivity contribution in [2.75, 3.05) is 0 Å². The summed E-state index contributed by atoms with van der Waals surface area (Å²) in [6, 6.07) is 12.9. The number of carbonyl (C=O) groups is 1. The number of rotatable bonds is 5. The average molecular weight is 372 g/mol. The van der Waals surface area contributed by atoms with Crippen LogP contribution in [0.1, 0.15) is 21.5 Å². The first-order valence-electron chi connectivity index (χ1n) is 5.91. The van der Waals surface area contributed by atoms with Gasteiger partial charge in [-0.05, 0) is 29.3 Å². The van der Waals surface area contributed by atoms with Gasteiger partial charge in [-0.1, -0.05) is 51.8 Å². The number of benzene rings is 2. The Morgan fingerprint density at radius 3 is 2.50 bits per heavy atom. The van der Waals surface area contributed by atoms with E-state index >= 15 is 0 Å². The first-order chi connectivity index (χ1) is 9.58. The largest absolute Gasteiger partial charge is 0.478 e. The Labute approximate surface area is 135 Å². The molecule has 0 saturated carbocycles. The number of hydrogen-bond donors (Lipinski definition) is 1. The Balaban J connectivity index is 1.98. The fourth-order valence-electron chi connectivity index (χ4n) is 1.68. The molecule has 104 valence electrons. The predicted molar refractivity (Wildman–Crippen MR) is 87.6 cm³/mol. The van der Waals surface area contributed by atoms with Crippen molar-refractivity contribution >= 4 is 45.3 Å². The molecule has 0 aliphatic carbocycles. The summed E-state index contributed by atoms with van der Waals surface area (Å²) < 4.78 is 0.823. The molecule has 0 aliphatic heterocycles. The minimum Gasteiger partial charge on any atom is -0.478 e. The van der Waals surface area contributed by atoms with Gasteiger partial charge < -0.3 is 5.11 Å². The molecule has 0 radical (unpaired) electrons. The van der Waals surface area contributed by atoms with Gasteiger partial charge in [0.2, 0.25) is 0 Å². The highest BCUT2D eigenvalue weighted by Crippen LogP contribution is 2.27.